The molecule has 2 heterocycles. The fourth-order valence-electron chi connectivity index (χ4n) is 3.11. The van der Waals surface area contributed by atoms with Gasteiger partial charge >= 0.3 is 5.97 Å². The lowest BCUT2D eigenvalue weighted by Crippen LogP contribution is -2.17. The van der Waals surface area contributed by atoms with Gasteiger partial charge in [-0.15, -0.1) is 0 Å². The summed E-state index contributed by atoms with van der Waals surface area (Å²) in [4.78, 5) is 44.9. The minimum absolute atomic E-state index is 0.155. The number of aromatic amines is 1. The van der Waals surface area contributed by atoms with Crippen molar-refractivity contribution in [3.63, 3.8) is 0 Å². The third-order valence-electron chi connectivity index (χ3n) is 4.60. The van der Waals surface area contributed by atoms with Gasteiger partial charge in [0.15, 0.2) is 10.9 Å². The number of benzene rings is 1. The Balaban J connectivity index is 1.87. The third-order valence-corrected chi connectivity index (χ3v) is 5.99. The molecule has 2 aromatic heterocycles. The van der Waals surface area contributed by atoms with Gasteiger partial charge in [0, 0.05) is 42.0 Å². The van der Waals surface area contributed by atoms with Gasteiger partial charge in [-0.05, 0) is 42.4 Å². The predicted molar refractivity (Wildman–Crippen MR) is 118 cm³/mol. The first kappa shape index (κ1) is 22.6. The molecule has 3 rings (SSSR count). The van der Waals surface area contributed by atoms with E-state index < -0.39 is 5.97 Å². The van der Waals surface area contributed by atoms with Gasteiger partial charge in [-0.1, -0.05) is 11.6 Å². The molecule has 0 saturated carbocycles. The van der Waals surface area contributed by atoms with Crippen molar-refractivity contribution in [2.75, 3.05) is 12.4 Å². The van der Waals surface area contributed by atoms with Gasteiger partial charge in [0.05, 0.1) is 30.5 Å². The highest BCUT2D eigenvalue weighted by Crippen LogP contribution is 2.34. The number of ether oxygens (including phenoxy) is 1. The van der Waals surface area contributed by atoms with Crippen molar-refractivity contribution in [3.05, 3.63) is 58.1 Å². The van der Waals surface area contributed by atoms with E-state index in [2.05, 4.69) is 15.3 Å². The Morgan fingerprint density at radius 2 is 2.06 bits per heavy atom. The number of aryl methyl sites for hydroxylation is 1. The number of nitrogens with zero attached hydrogens (tertiary/aromatic N) is 2. The van der Waals surface area contributed by atoms with Crippen LogP contribution in [-0.4, -0.2) is 39.3 Å². The number of carbonyl (C=O) groups is 3. The summed E-state index contributed by atoms with van der Waals surface area (Å²) in [6.07, 6.45) is 3.35. The molecule has 0 saturated heterocycles. The lowest BCUT2D eigenvalue weighted by Gasteiger charge is -2.11. The zero-order valence-electron chi connectivity index (χ0n) is 17.4. The molecule has 0 atom stereocenters. The maximum Gasteiger partial charge on any atom is 0.339 e. The molecule has 162 valence electrons. The van der Waals surface area contributed by atoms with Gasteiger partial charge in [0.2, 0.25) is 5.91 Å². The quantitative estimate of drug-likeness (QED) is 0.407. The monoisotopic (exact) mass is 460 g/mol. The summed E-state index contributed by atoms with van der Waals surface area (Å²) < 4.78 is 6.68. The molecule has 10 heteroatoms. The van der Waals surface area contributed by atoms with Crippen molar-refractivity contribution in [2.24, 2.45) is 7.05 Å². The van der Waals surface area contributed by atoms with Gasteiger partial charge in [-0.3, -0.25) is 9.59 Å². The molecule has 3 aromatic rings. The Morgan fingerprint density at radius 1 is 1.32 bits per heavy atom. The number of esters is 1. The van der Waals surface area contributed by atoms with Crippen LogP contribution in [0.1, 0.15) is 39.0 Å². The van der Waals surface area contributed by atoms with Crippen LogP contribution >= 0.6 is 23.4 Å². The number of carbonyl (C=O) groups excluding carboxylic acids is 3. The van der Waals surface area contributed by atoms with E-state index in [1.165, 1.54) is 25.8 Å². The van der Waals surface area contributed by atoms with Crippen LogP contribution in [0.2, 0.25) is 5.02 Å². The molecule has 0 fully saturated rings. The maximum atomic E-state index is 12.8. The maximum absolute atomic E-state index is 12.8. The molecular weight excluding hydrogens is 440 g/mol. The Morgan fingerprint density at radius 3 is 2.68 bits per heavy atom. The number of ketones is 1. The normalized spacial score (nSPS) is 10.7. The molecule has 0 aliphatic rings. The smallest absolute Gasteiger partial charge is 0.339 e. The van der Waals surface area contributed by atoms with Crippen LogP contribution in [0.3, 0.4) is 0 Å². The van der Waals surface area contributed by atoms with Crippen LogP contribution in [0.4, 0.5) is 5.69 Å². The lowest BCUT2D eigenvalue weighted by atomic mass is 10.1. The van der Waals surface area contributed by atoms with Crippen molar-refractivity contribution in [3.8, 4) is 0 Å². The summed E-state index contributed by atoms with van der Waals surface area (Å²) in [6.45, 7) is 3.02. The predicted octanol–water partition coefficient (Wildman–Crippen LogP) is 4.03. The second kappa shape index (κ2) is 9.40. The number of methoxy groups -OCH3 is 1. The first-order valence-electron chi connectivity index (χ1n) is 9.26. The Bertz CT molecular complexity index is 1170. The van der Waals surface area contributed by atoms with E-state index in [1.54, 1.807) is 31.3 Å². The van der Waals surface area contributed by atoms with Gasteiger partial charge < -0.3 is 19.6 Å². The number of halogens is 1. The molecule has 1 aromatic carbocycles. The van der Waals surface area contributed by atoms with Gasteiger partial charge in [0.25, 0.3) is 0 Å². The Labute approximate surface area is 188 Å². The second-order valence-electron chi connectivity index (χ2n) is 6.81. The molecular formula is C21H21ClN4O4S. The summed E-state index contributed by atoms with van der Waals surface area (Å²) in [7, 11) is 3.12. The Kier molecular flexibility index (Phi) is 6.87. The van der Waals surface area contributed by atoms with Crippen LogP contribution in [0.25, 0.3) is 0 Å². The first-order chi connectivity index (χ1) is 14.7. The summed E-state index contributed by atoms with van der Waals surface area (Å²) >= 11 is 7.51. The molecule has 0 radical (unpaired) electrons. The van der Waals surface area contributed by atoms with Crippen molar-refractivity contribution in [1.29, 1.82) is 0 Å². The third kappa shape index (κ3) is 5.00. The minimum Gasteiger partial charge on any atom is -0.465 e. The Hall–Kier alpha value is -3.04. The highest BCUT2D eigenvalue weighted by atomic mass is 35.5. The molecule has 0 bridgehead atoms. The number of amides is 1. The largest absolute Gasteiger partial charge is 0.465 e. The molecule has 0 aliphatic heterocycles. The highest BCUT2D eigenvalue weighted by molar-refractivity contribution is 7.99. The fraction of sp³-hybridized carbons (Fsp3) is 0.238. The number of nitrogens with one attached hydrogen (secondary N) is 2. The molecule has 0 unspecified atom stereocenters. The van der Waals surface area contributed by atoms with Gasteiger partial charge in [-0.25, -0.2) is 9.78 Å². The second-order valence-corrected chi connectivity index (χ2v) is 8.26. The highest BCUT2D eigenvalue weighted by Gasteiger charge is 2.24. The van der Waals surface area contributed by atoms with E-state index in [9.17, 15) is 14.4 Å². The number of anilines is 1. The molecule has 31 heavy (non-hydrogen) atoms. The molecule has 2 N–H and O–H groups in total. The van der Waals surface area contributed by atoms with Crippen LogP contribution < -0.4 is 5.32 Å². The summed E-state index contributed by atoms with van der Waals surface area (Å²) in [5.41, 5.74) is 1.75. The average Bonchev–Trinajstić information content (AvgIpc) is 3.26. The average molecular weight is 461 g/mol. The number of hydrogen-bond acceptors (Lipinski definition) is 6. The standard InChI is InChI=1S/C21H21ClN4O4S/c1-11-18(20(29)30-4)15(25-19(11)12(2)27)10-17(28)24-14-9-13(22)5-6-16(14)31-21-23-7-8-26(21)3/h5-9,25H,10H2,1-4H3,(H,24,28). The van der Waals surface area contributed by atoms with Crippen molar-refractivity contribution < 1.29 is 19.1 Å². The topological polar surface area (TPSA) is 106 Å². The minimum atomic E-state index is -0.613. The van der Waals surface area contributed by atoms with E-state index in [-0.39, 0.29) is 29.4 Å². The van der Waals surface area contributed by atoms with E-state index in [0.29, 0.717) is 22.0 Å². The fourth-order valence-corrected chi connectivity index (χ4v) is 4.16. The summed E-state index contributed by atoms with van der Waals surface area (Å²) in [5.74, 6) is -1.23. The van der Waals surface area contributed by atoms with E-state index in [1.807, 2.05) is 17.8 Å². The SMILES string of the molecule is COC(=O)c1c(CC(=O)Nc2cc(Cl)ccc2Sc2nccn2C)[nH]c(C(C)=O)c1C. The molecule has 1 amide bonds. The number of H-pyrrole nitrogens is 1. The first-order valence-corrected chi connectivity index (χ1v) is 10.5. The number of imidazole rings is 1. The lowest BCUT2D eigenvalue weighted by molar-refractivity contribution is -0.115. The van der Waals surface area contributed by atoms with Gasteiger partial charge in [-0.2, -0.15) is 0 Å². The van der Waals surface area contributed by atoms with Gasteiger partial charge in [0.1, 0.15) is 0 Å². The number of aromatic nitrogens is 3. The van der Waals surface area contributed by atoms with Crippen LogP contribution in [0.15, 0.2) is 40.6 Å². The molecule has 8 nitrogen and oxygen atoms in total. The number of hydrogen-bond donors (Lipinski definition) is 2. The van der Waals surface area contributed by atoms with E-state index in [4.69, 9.17) is 16.3 Å². The van der Waals surface area contributed by atoms with Crippen molar-refractivity contribution in [2.45, 2.75) is 30.3 Å². The summed E-state index contributed by atoms with van der Waals surface area (Å²) in [5, 5.41) is 4.05. The molecule has 0 spiro atoms. The summed E-state index contributed by atoms with van der Waals surface area (Å²) in [6, 6.07) is 5.17. The van der Waals surface area contributed by atoms with Crippen LogP contribution in [0, 0.1) is 6.92 Å². The molecule has 0 aliphatic carbocycles. The van der Waals surface area contributed by atoms with Crippen molar-refractivity contribution >= 4 is 46.7 Å². The number of rotatable bonds is 7. The van der Waals surface area contributed by atoms with Crippen molar-refractivity contribution in [1.82, 2.24) is 14.5 Å². The van der Waals surface area contributed by atoms with E-state index in [0.717, 1.165) is 10.1 Å². The zero-order chi connectivity index (χ0) is 22.7. The van der Waals surface area contributed by atoms with Crippen LogP contribution in [0.5, 0.6) is 0 Å². The number of Topliss-reactive ketones (excluding diaryl/α,β-unsaturated/α-hetero) is 1. The van der Waals surface area contributed by atoms with E-state index >= 15 is 0 Å². The zero-order valence-corrected chi connectivity index (χ0v) is 19.0. The van der Waals surface area contributed by atoms with Crippen LogP contribution in [-0.2, 0) is 23.0 Å².